The fourth-order valence-electron chi connectivity index (χ4n) is 3.74. The van der Waals surface area contributed by atoms with Gasteiger partial charge >= 0.3 is 5.69 Å². The van der Waals surface area contributed by atoms with Gasteiger partial charge in [0.15, 0.2) is 0 Å². The minimum absolute atomic E-state index is 0.166. The summed E-state index contributed by atoms with van der Waals surface area (Å²) in [6, 6.07) is 7.63. The van der Waals surface area contributed by atoms with E-state index in [1.807, 2.05) is 30.9 Å². The number of aromatic nitrogens is 3. The minimum atomic E-state index is -0.622. The Morgan fingerprint density at radius 1 is 1.22 bits per heavy atom. The van der Waals surface area contributed by atoms with Crippen LogP contribution in [0.25, 0.3) is 11.0 Å². The normalized spacial score (nSPS) is 15.6. The number of carbonyl (C=O) groups excluding carboxylic acids is 1. The van der Waals surface area contributed by atoms with Crippen molar-refractivity contribution in [2.24, 2.45) is 0 Å². The summed E-state index contributed by atoms with van der Waals surface area (Å²) in [6.45, 7) is 6.67. The lowest BCUT2D eigenvalue weighted by molar-refractivity contribution is 0.0487. The molecule has 0 saturated carbocycles. The van der Waals surface area contributed by atoms with Crippen LogP contribution in [0.15, 0.2) is 40.1 Å². The first kappa shape index (κ1) is 17.2. The first-order valence-electron chi connectivity index (χ1n) is 8.78. The average molecular weight is 364 g/mol. The van der Waals surface area contributed by atoms with E-state index in [-0.39, 0.29) is 22.5 Å². The van der Waals surface area contributed by atoms with E-state index in [1.165, 1.54) is 23.4 Å². The summed E-state index contributed by atoms with van der Waals surface area (Å²) in [5.41, 5.74) is 2.59. The largest absolute Gasteiger partial charge is 0.329 e. The number of pyridine rings is 1. The molecule has 2 aromatic heterocycles. The summed E-state index contributed by atoms with van der Waals surface area (Å²) in [5, 5.41) is 0.187. The molecule has 1 aliphatic rings. The Hall–Kier alpha value is -3.22. The maximum atomic E-state index is 13.2. The van der Waals surface area contributed by atoms with Crippen LogP contribution < -0.4 is 11.2 Å². The van der Waals surface area contributed by atoms with Gasteiger partial charge in [0.2, 0.25) is 0 Å². The lowest BCUT2D eigenvalue weighted by atomic mass is 9.83. The van der Waals surface area contributed by atoms with E-state index >= 15 is 0 Å². The van der Waals surface area contributed by atoms with Gasteiger partial charge in [0.25, 0.3) is 11.5 Å². The van der Waals surface area contributed by atoms with Gasteiger partial charge in [-0.1, -0.05) is 18.2 Å². The molecule has 7 heteroatoms. The second kappa shape index (κ2) is 5.90. The second-order valence-corrected chi connectivity index (χ2v) is 7.62. The van der Waals surface area contributed by atoms with Gasteiger partial charge < -0.3 is 4.90 Å². The Bertz CT molecular complexity index is 1190. The smallest absolute Gasteiger partial charge is 0.327 e. The van der Waals surface area contributed by atoms with E-state index in [0.29, 0.717) is 12.1 Å². The first-order valence-corrected chi connectivity index (χ1v) is 8.78. The molecule has 0 spiro atoms. The number of nitrogens with zero attached hydrogens (tertiary/aromatic N) is 2. The van der Waals surface area contributed by atoms with Gasteiger partial charge in [-0.2, -0.15) is 0 Å². The molecule has 0 saturated heterocycles. The summed E-state index contributed by atoms with van der Waals surface area (Å²) in [6.07, 6.45) is 2.16. The highest BCUT2D eigenvalue weighted by Gasteiger charge is 2.37. The molecule has 4 rings (SSSR count). The molecular formula is C20H20N4O3. The molecule has 0 atom stereocenters. The van der Waals surface area contributed by atoms with Crippen molar-refractivity contribution in [3.63, 3.8) is 0 Å². The third-order valence-corrected chi connectivity index (χ3v) is 5.26. The summed E-state index contributed by atoms with van der Waals surface area (Å²) in [7, 11) is 0. The molecule has 138 valence electrons. The molecular weight excluding hydrogens is 344 g/mol. The van der Waals surface area contributed by atoms with Gasteiger partial charge in [0, 0.05) is 18.3 Å². The predicted octanol–water partition coefficient (Wildman–Crippen LogP) is 1.90. The zero-order valence-corrected chi connectivity index (χ0v) is 15.4. The number of H-pyrrole nitrogens is 2. The molecule has 0 bridgehead atoms. The molecule has 0 unspecified atom stereocenters. The molecule has 0 radical (unpaired) electrons. The van der Waals surface area contributed by atoms with E-state index in [9.17, 15) is 14.4 Å². The predicted molar refractivity (Wildman–Crippen MR) is 102 cm³/mol. The van der Waals surface area contributed by atoms with Crippen LogP contribution in [0.4, 0.5) is 0 Å². The lowest BCUT2D eigenvalue weighted by Crippen LogP contribution is -2.51. The van der Waals surface area contributed by atoms with Gasteiger partial charge in [-0.05, 0) is 49.9 Å². The lowest BCUT2D eigenvalue weighted by Gasteiger charge is -2.44. The summed E-state index contributed by atoms with van der Waals surface area (Å²) >= 11 is 0. The Morgan fingerprint density at radius 3 is 2.78 bits per heavy atom. The molecule has 1 aliphatic heterocycles. The molecule has 3 aromatic rings. The summed E-state index contributed by atoms with van der Waals surface area (Å²) < 4.78 is 0. The number of aryl methyl sites for hydroxylation is 1. The highest BCUT2D eigenvalue weighted by atomic mass is 16.2. The number of amides is 1. The third-order valence-electron chi connectivity index (χ3n) is 5.26. The van der Waals surface area contributed by atoms with E-state index in [1.54, 1.807) is 0 Å². The van der Waals surface area contributed by atoms with Crippen molar-refractivity contribution in [3.8, 4) is 0 Å². The highest BCUT2D eigenvalue weighted by molar-refractivity contribution is 5.97. The second-order valence-electron chi connectivity index (χ2n) is 7.62. The van der Waals surface area contributed by atoms with E-state index in [0.717, 1.165) is 12.0 Å². The molecule has 3 heterocycles. The molecule has 1 amide bonds. The number of fused-ring (bicyclic) bond motifs is 2. The van der Waals surface area contributed by atoms with Crippen LogP contribution in [-0.2, 0) is 13.0 Å². The SMILES string of the molecule is Cc1cccc2c1CC(C)(C)N(C(=O)c1cnc3[nH]c(=O)[nH]c(=O)c3c1)C2. The zero-order chi connectivity index (χ0) is 19.3. The topological polar surface area (TPSA) is 98.9 Å². The van der Waals surface area contributed by atoms with Crippen molar-refractivity contribution in [3.05, 3.63) is 73.6 Å². The van der Waals surface area contributed by atoms with Crippen molar-refractivity contribution in [1.82, 2.24) is 19.9 Å². The highest BCUT2D eigenvalue weighted by Crippen LogP contribution is 2.33. The quantitative estimate of drug-likeness (QED) is 0.689. The summed E-state index contributed by atoms with van der Waals surface area (Å²) in [4.78, 5) is 47.2. The monoisotopic (exact) mass is 364 g/mol. The van der Waals surface area contributed by atoms with Gasteiger partial charge in [-0.3, -0.25) is 19.6 Å². The molecule has 7 nitrogen and oxygen atoms in total. The van der Waals surface area contributed by atoms with Crippen molar-refractivity contribution in [2.45, 2.75) is 39.3 Å². The number of hydrogen-bond acceptors (Lipinski definition) is 4. The Morgan fingerprint density at radius 2 is 2.00 bits per heavy atom. The minimum Gasteiger partial charge on any atom is -0.329 e. The number of carbonyl (C=O) groups is 1. The number of hydrogen-bond donors (Lipinski definition) is 2. The van der Waals surface area contributed by atoms with Crippen LogP contribution >= 0.6 is 0 Å². The van der Waals surface area contributed by atoms with Gasteiger partial charge in [-0.15, -0.1) is 0 Å². The van der Waals surface area contributed by atoms with Crippen LogP contribution in [0.2, 0.25) is 0 Å². The van der Waals surface area contributed by atoms with Gasteiger partial charge in [0.05, 0.1) is 10.9 Å². The summed E-state index contributed by atoms with van der Waals surface area (Å²) in [5.74, 6) is -0.188. The maximum absolute atomic E-state index is 13.2. The van der Waals surface area contributed by atoms with Crippen LogP contribution in [0.5, 0.6) is 0 Å². The third kappa shape index (κ3) is 2.85. The Kier molecular flexibility index (Phi) is 3.76. The van der Waals surface area contributed by atoms with Crippen LogP contribution in [0.1, 0.15) is 40.9 Å². The standard InChI is InChI=1S/C20H20N4O3/c1-11-5-4-6-12-10-24(20(2,3)8-15(11)12)18(26)13-7-14-16(21-9-13)22-19(27)23-17(14)25/h4-7,9H,8,10H2,1-3H3,(H2,21,22,23,25,27). The van der Waals surface area contributed by atoms with Crippen molar-refractivity contribution >= 4 is 16.9 Å². The van der Waals surface area contributed by atoms with Crippen LogP contribution in [0.3, 0.4) is 0 Å². The van der Waals surface area contributed by atoms with Crippen molar-refractivity contribution < 1.29 is 4.79 Å². The number of aromatic amines is 2. The maximum Gasteiger partial charge on any atom is 0.327 e. The van der Waals surface area contributed by atoms with Gasteiger partial charge in [0.1, 0.15) is 5.65 Å². The van der Waals surface area contributed by atoms with Crippen LogP contribution in [-0.4, -0.2) is 31.3 Å². The fourth-order valence-corrected chi connectivity index (χ4v) is 3.74. The Labute approximate surface area is 155 Å². The van der Waals surface area contributed by atoms with E-state index in [4.69, 9.17) is 0 Å². The molecule has 1 aromatic carbocycles. The van der Waals surface area contributed by atoms with E-state index in [2.05, 4.69) is 27.9 Å². The van der Waals surface area contributed by atoms with Crippen LogP contribution in [0, 0.1) is 6.92 Å². The fraction of sp³-hybridized carbons (Fsp3) is 0.300. The number of rotatable bonds is 1. The zero-order valence-electron chi connectivity index (χ0n) is 15.4. The van der Waals surface area contributed by atoms with Crippen molar-refractivity contribution in [1.29, 1.82) is 0 Å². The molecule has 27 heavy (non-hydrogen) atoms. The Balaban J connectivity index is 1.77. The molecule has 0 fully saturated rings. The first-order chi connectivity index (χ1) is 12.8. The van der Waals surface area contributed by atoms with Gasteiger partial charge in [-0.25, -0.2) is 9.78 Å². The average Bonchev–Trinajstić information content (AvgIpc) is 2.61. The number of nitrogens with one attached hydrogen (secondary N) is 2. The van der Waals surface area contributed by atoms with E-state index < -0.39 is 11.2 Å². The molecule has 2 N–H and O–H groups in total. The van der Waals surface area contributed by atoms with Crippen molar-refractivity contribution in [2.75, 3.05) is 0 Å². The number of benzene rings is 1. The molecule has 0 aliphatic carbocycles.